The Kier molecular flexibility index (Phi) is 3.45. The number of aromatic nitrogens is 2. The Labute approximate surface area is 79.1 Å². The molecule has 0 atom stereocenters. The summed E-state index contributed by atoms with van der Waals surface area (Å²) >= 11 is 5.25. The average molecular weight is 202 g/mol. The normalized spacial score (nSPS) is 9.62. The maximum Gasteiger partial charge on any atom is 0.264 e. The Hall–Kier alpha value is -1.36. The van der Waals surface area contributed by atoms with Crippen LogP contribution in [0.5, 0.6) is 0 Å². The monoisotopic (exact) mass is 201 g/mol. The zero-order chi connectivity index (χ0) is 9.68. The van der Waals surface area contributed by atoms with Crippen LogP contribution in [-0.2, 0) is 11.3 Å². The van der Waals surface area contributed by atoms with Crippen molar-refractivity contribution in [1.82, 2.24) is 15.5 Å². The molecule has 0 bridgehead atoms. The molecule has 6 heteroatoms. The van der Waals surface area contributed by atoms with E-state index in [0.717, 1.165) is 0 Å². The highest BCUT2D eigenvalue weighted by Crippen LogP contribution is 1.87. The fourth-order valence-electron chi connectivity index (χ4n) is 0.708. The van der Waals surface area contributed by atoms with E-state index in [9.17, 15) is 9.59 Å². The number of alkyl halides is 1. The molecule has 1 heterocycles. The van der Waals surface area contributed by atoms with Gasteiger partial charge in [0.1, 0.15) is 5.88 Å². The summed E-state index contributed by atoms with van der Waals surface area (Å²) < 4.78 is 0. The second kappa shape index (κ2) is 4.61. The fraction of sp³-hybridized carbons (Fsp3) is 0.286. The number of hydrogen-bond acceptors (Lipinski definition) is 3. The largest absolute Gasteiger partial charge is 0.349 e. The fourth-order valence-corrected chi connectivity index (χ4v) is 0.803. The first kappa shape index (κ1) is 9.73. The van der Waals surface area contributed by atoms with Gasteiger partial charge in [-0.25, -0.2) is 5.10 Å². The second-order valence-corrected chi connectivity index (χ2v) is 2.59. The van der Waals surface area contributed by atoms with Gasteiger partial charge < -0.3 is 5.32 Å². The summed E-state index contributed by atoms with van der Waals surface area (Å²) in [5, 5.41) is 8.45. The third-order valence-corrected chi connectivity index (χ3v) is 1.57. The first-order chi connectivity index (χ1) is 6.22. The molecular formula is C7H8ClN3O2. The Balaban J connectivity index is 2.50. The summed E-state index contributed by atoms with van der Waals surface area (Å²) in [5.74, 6) is -0.349. The lowest BCUT2D eigenvalue weighted by Crippen LogP contribution is -2.24. The van der Waals surface area contributed by atoms with Crippen molar-refractivity contribution in [1.29, 1.82) is 0 Å². The Morgan fingerprint density at radius 1 is 1.62 bits per heavy atom. The molecule has 0 saturated heterocycles. The highest BCUT2D eigenvalue weighted by atomic mass is 35.5. The van der Waals surface area contributed by atoms with Crippen LogP contribution in [0.2, 0.25) is 0 Å². The quantitative estimate of drug-likeness (QED) is 0.655. The van der Waals surface area contributed by atoms with Gasteiger partial charge in [-0.1, -0.05) is 0 Å². The molecule has 0 radical (unpaired) electrons. The van der Waals surface area contributed by atoms with Crippen molar-refractivity contribution in [2.45, 2.75) is 6.54 Å². The lowest BCUT2D eigenvalue weighted by atomic mass is 10.4. The lowest BCUT2D eigenvalue weighted by molar-refractivity contribution is -0.118. The first-order valence-electron chi connectivity index (χ1n) is 3.59. The van der Waals surface area contributed by atoms with E-state index in [1.807, 2.05) is 0 Å². The number of nitrogens with one attached hydrogen (secondary N) is 2. The minimum atomic E-state index is -0.271. The van der Waals surface area contributed by atoms with Gasteiger partial charge in [-0.15, -0.1) is 11.6 Å². The van der Waals surface area contributed by atoms with Crippen molar-refractivity contribution in [2.24, 2.45) is 0 Å². The number of aromatic amines is 1. The van der Waals surface area contributed by atoms with E-state index in [1.54, 1.807) is 0 Å². The van der Waals surface area contributed by atoms with Gasteiger partial charge in [0.25, 0.3) is 5.56 Å². The van der Waals surface area contributed by atoms with E-state index in [2.05, 4.69) is 15.5 Å². The zero-order valence-corrected chi connectivity index (χ0v) is 7.47. The van der Waals surface area contributed by atoms with E-state index < -0.39 is 0 Å². The van der Waals surface area contributed by atoms with Crippen molar-refractivity contribution >= 4 is 17.5 Å². The van der Waals surface area contributed by atoms with Gasteiger partial charge >= 0.3 is 0 Å². The number of rotatable bonds is 3. The third-order valence-electron chi connectivity index (χ3n) is 1.32. The number of hydrogen-bond donors (Lipinski definition) is 2. The second-order valence-electron chi connectivity index (χ2n) is 2.32. The van der Waals surface area contributed by atoms with E-state index in [0.29, 0.717) is 5.69 Å². The summed E-state index contributed by atoms with van der Waals surface area (Å²) in [4.78, 5) is 21.3. The van der Waals surface area contributed by atoms with E-state index in [4.69, 9.17) is 11.6 Å². The maximum atomic E-state index is 10.7. The molecule has 1 aromatic rings. The van der Waals surface area contributed by atoms with Crippen LogP contribution in [0.1, 0.15) is 5.69 Å². The molecule has 70 valence electrons. The first-order valence-corrected chi connectivity index (χ1v) is 4.13. The zero-order valence-electron chi connectivity index (χ0n) is 6.71. The van der Waals surface area contributed by atoms with Gasteiger partial charge in [0.05, 0.1) is 12.2 Å². The van der Waals surface area contributed by atoms with Crippen molar-refractivity contribution in [2.75, 3.05) is 5.88 Å². The standard InChI is InChI=1S/C7H8ClN3O2/c8-3-7(13)9-4-5-1-2-6(12)11-10-5/h1-2H,3-4H2,(H,9,13)(H,11,12). The molecule has 1 amide bonds. The van der Waals surface area contributed by atoms with E-state index >= 15 is 0 Å². The van der Waals surface area contributed by atoms with Crippen LogP contribution in [0.15, 0.2) is 16.9 Å². The van der Waals surface area contributed by atoms with Crippen molar-refractivity contribution in [3.8, 4) is 0 Å². The molecule has 0 unspecified atom stereocenters. The summed E-state index contributed by atoms with van der Waals surface area (Å²) in [7, 11) is 0. The van der Waals surface area contributed by atoms with Gasteiger partial charge in [0.15, 0.2) is 0 Å². The Bertz CT molecular complexity index is 329. The molecule has 0 spiro atoms. The van der Waals surface area contributed by atoms with Crippen LogP contribution in [0.3, 0.4) is 0 Å². The Morgan fingerprint density at radius 2 is 2.38 bits per heavy atom. The van der Waals surface area contributed by atoms with Gasteiger partial charge in [-0.2, -0.15) is 5.10 Å². The van der Waals surface area contributed by atoms with E-state index in [1.165, 1.54) is 12.1 Å². The van der Waals surface area contributed by atoms with Gasteiger partial charge in [-0.3, -0.25) is 9.59 Å². The predicted octanol–water partition coefficient (Wildman–Crippen LogP) is -0.375. The smallest absolute Gasteiger partial charge is 0.264 e. The Morgan fingerprint density at radius 3 is 2.92 bits per heavy atom. The maximum absolute atomic E-state index is 10.7. The molecule has 0 aliphatic carbocycles. The van der Waals surface area contributed by atoms with Gasteiger partial charge in [0.2, 0.25) is 5.91 Å². The molecule has 1 rings (SSSR count). The highest BCUT2D eigenvalue weighted by molar-refractivity contribution is 6.27. The van der Waals surface area contributed by atoms with Crippen LogP contribution >= 0.6 is 11.6 Å². The molecule has 0 aliphatic heterocycles. The van der Waals surface area contributed by atoms with Crippen LogP contribution in [-0.4, -0.2) is 22.0 Å². The van der Waals surface area contributed by atoms with Gasteiger partial charge in [0, 0.05) is 6.07 Å². The molecule has 0 saturated carbocycles. The molecule has 13 heavy (non-hydrogen) atoms. The molecule has 1 aromatic heterocycles. The number of amides is 1. The highest BCUT2D eigenvalue weighted by Gasteiger charge is 1.98. The molecular weight excluding hydrogens is 194 g/mol. The predicted molar refractivity (Wildman–Crippen MR) is 47.4 cm³/mol. The molecule has 0 aromatic carbocycles. The summed E-state index contributed by atoms with van der Waals surface area (Å²) in [6.07, 6.45) is 0. The van der Waals surface area contributed by atoms with Crippen LogP contribution in [0.4, 0.5) is 0 Å². The SMILES string of the molecule is O=C(CCl)NCc1ccc(=O)[nH]n1. The van der Waals surface area contributed by atoms with Gasteiger partial charge in [-0.05, 0) is 6.07 Å². The minimum absolute atomic E-state index is 0.0800. The molecule has 5 nitrogen and oxygen atoms in total. The number of H-pyrrole nitrogens is 1. The van der Waals surface area contributed by atoms with Crippen molar-refractivity contribution < 1.29 is 4.79 Å². The average Bonchev–Trinajstić information content (AvgIpc) is 2.16. The topological polar surface area (TPSA) is 74.8 Å². The minimum Gasteiger partial charge on any atom is -0.349 e. The summed E-state index contributed by atoms with van der Waals surface area (Å²) in [6, 6.07) is 2.88. The molecule has 0 aliphatic rings. The summed E-state index contributed by atoms with van der Waals surface area (Å²) in [5.41, 5.74) is 0.311. The van der Waals surface area contributed by atoms with Crippen molar-refractivity contribution in [3.63, 3.8) is 0 Å². The van der Waals surface area contributed by atoms with Crippen LogP contribution < -0.4 is 10.9 Å². The number of carbonyl (C=O) groups is 1. The molecule has 2 N–H and O–H groups in total. The van der Waals surface area contributed by atoms with Crippen LogP contribution in [0.25, 0.3) is 0 Å². The number of nitrogens with zero attached hydrogens (tertiary/aromatic N) is 1. The third kappa shape index (κ3) is 3.25. The summed E-state index contributed by atoms with van der Waals surface area (Å²) in [6.45, 7) is 0.266. The lowest BCUT2D eigenvalue weighted by Gasteiger charge is -2.00. The van der Waals surface area contributed by atoms with E-state index in [-0.39, 0.29) is 23.9 Å². The van der Waals surface area contributed by atoms with Crippen LogP contribution in [0, 0.1) is 0 Å². The number of halogens is 1. The molecule has 0 fully saturated rings. The van der Waals surface area contributed by atoms with Crippen molar-refractivity contribution in [3.05, 3.63) is 28.2 Å². The number of carbonyl (C=O) groups excluding carboxylic acids is 1.